The molecule has 39 heavy (non-hydrogen) atoms. The SMILES string of the molecule is CCNC(=O)Nc1ccc([C@H]2O[C@@H](CN3CC4(C)CC3CC(C)(C)C4)[C@@H](C)[C@@H](c3ccc(CO)cc3)O2)cc1. The van der Waals surface area contributed by atoms with E-state index in [2.05, 4.69) is 55.4 Å². The smallest absolute Gasteiger partial charge is 0.319 e. The van der Waals surface area contributed by atoms with Crippen LogP contribution in [0.15, 0.2) is 48.5 Å². The van der Waals surface area contributed by atoms with Gasteiger partial charge in [-0.2, -0.15) is 0 Å². The first-order chi connectivity index (χ1) is 18.6. The molecule has 2 aliphatic heterocycles. The number of carbonyl (C=O) groups excluding carboxylic acids is 1. The lowest BCUT2D eigenvalue weighted by molar-refractivity contribution is -0.276. The molecule has 0 spiro atoms. The minimum Gasteiger partial charge on any atom is -0.392 e. The Hall–Kier alpha value is -2.45. The molecule has 7 heteroatoms. The fourth-order valence-corrected chi connectivity index (χ4v) is 7.41. The van der Waals surface area contributed by atoms with E-state index in [0.29, 0.717) is 23.4 Å². The van der Waals surface area contributed by atoms with Crippen molar-refractivity contribution in [3.63, 3.8) is 0 Å². The molecule has 2 saturated heterocycles. The van der Waals surface area contributed by atoms with Gasteiger partial charge in [-0.15, -0.1) is 0 Å². The number of hydrogen-bond acceptors (Lipinski definition) is 5. The molecule has 6 atom stereocenters. The maximum atomic E-state index is 11.9. The van der Waals surface area contributed by atoms with E-state index in [9.17, 15) is 9.90 Å². The van der Waals surface area contributed by atoms with Crippen molar-refractivity contribution in [2.75, 3.05) is 25.0 Å². The van der Waals surface area contributed by atoms with Gasteiger partial charge in [0.1, 0.15) is 0 Å². The van der Waals surface area contributed by atoms with Crippen molar-refractivity contribution in [1.29, 1.82) is 0 Å². The molecule has 2 aromatic carbocycles. The Kier molecular flexibility index (Phi) is 8.07. The molecule has 3 aliphatic rings. The Labute approximate surface area is 233 Å². The summed E-state index contributed by atoms with van der Waals surface area (Å²) in [5, 5.41) is 15.1. The lowest BCUT2D eigenvalue weighted by Crippen LogP contribution is -2.46. The summed E-state index contributed by atoms with van der Waals surface area (Å²) in [5.74, 6) is 0.154. The Morgan fingerprint density at radius 3 is 2.38 bits per heavy atom. The van der Waals surface area contributed by atoms with Gasteiger partial charge in [0.25, 0.3) is 0 Å². The lowest BCUT2D eigenvalue weighted by atomic mass is 9.65. The van der Waals surface area contributed by atoms with E-state index >= 15 is 0 Å². The highest BCUT2D eigenvalue weighted by molar-refractivity contribution is 5.89. The molecule has 2 heterocycles. The molecular formula is C32H45N3O4. The zero-order chi connectivity index (χ0) is 27.8. The van der Waals surface area contributed by atoms with Crippen LogP contribution in [0.2, 0.25) is 0 Å². The summed E-state index contributed by atoms with van der Waals surface area (Å²) in [5.41, 5.74) is 4.38. The zero-order valence-electron chi connectivity index (χ0n) is 24.1. The molecule has 2 bridgehead atoms. The number of amides is 2. The molecule has 7 nitrogen and oxygen atoms in total. The highest BCUT2D eigenvalue weighted by Crippen LogP contribution is 2.53. The number of fused-ring (bicyclic) bond motifs is 2. The summed E-state index contributed by atoms with van der Waals surface area (Å²) in [6.45, 7) is 14.0. The quantitative estimate of drug-likeness (QED) is 0.404. The van der Waals surface area contributed by atoms with Crippen molar-refractivity contribution >= 4 is 11.7 Å². The van der Waals surface area contributed by atoms with Gasteiger partial charge in [0.2, 0.25) is 0 Å². The van der Waals surface area contributed by atoms with E-state index in [1.54, 1.807) is 0 Å². The minimum atomic E-state index is -0.513. The number of nitrogens with one attached hydrogen (secondary N) is 2. The van der Waals surface area contributed by atoms with Crippen molar-refractivity contribution in [3.05, 3.63) is 65.2 Å². The van der Waals surface area contributed by atoms with Crippen molar-refractivity contribution in [2.24, 2.45) is 16.7 Å². The van der Waals surface area contributed by atoms with Gasteiger partial charge in [0.05, 0.1) is 18.8 Å². The second kappa shape index (κ2) is 11.2. The first kappa shape index (κ1) is 28.1. The van der Waals surface area contributed by atoms with Gasteiger partial charge >= 0.3 is 6.03 Å². The predicted molar refractivity (Wildman–Crippen MR) is 153 cm³/mol. The summed E-state index contributed by atoms with van der Waals surface area (Å²) >= 11 is 0. The third kappa shape index (κ3) is 6.32. The van der Waals surface area contributed by atoms with Crippen molar-refractivity contribution in [3.8, 4) is 0 Å². The van der Waals surface area contributed by atoms with Crippen molar-refractivity contribution in [1.82, 2.24) is 10.2 Å². The number of likely N-dealkylation sites (tertiary alicyclic amines) is 1. The van der Waals surface area contributed by atoms with Gasteiger partial charge in [-0.1, -0.05) is 64.1 Å². The Morgan fingerprint density at radius 2 is 1.72 bits per heavy atom. The van der Waals surface area contributed by atoms with Gasteiger partial charge in [-0.05, 0) is 60.3 Å². The van der Waals surface area contributed by atoms with Gasteiger partial charge < -0.3 is 25.2 Å². The van der Waals surface area contributed by atoms with Crippen LogP contribution < -0.4 is 10.6 Å². The first-order valence-corrected chi connectivity index (χ1v) is 14.5. The molecule has 3 N–H and O–H groups in total. The largest absolute Gasteiger partial charge is 0.392 e. The number of hydrogen-bond donors (Lipinski definition) is 3. The van der Waals surface area contributed by atoms with Crippen LogP contribution >= 0.6 is 0 Å². The van der Waals surface area contributed by atoms with Gasteiger partial charge in [-0.25, -0.2) is 4.79 Å². The number of aliphatic hydroxyl groups is 1. The number of nitrogens with zero attached hydrogens (tertiary/aromatic N) is 1. The average molecular weight is 536 g/mol. The molecule has 3 fully saturated rings. The van der Waals surface area contributed by atoms with Crippen molar-refractivity contribution < 1.29 is 19.4 Å². The Balaban J connectivity index is 1.38. The second-order valence-electron chi connectivity index (χ2n) is 13.1. The van der Waals surface area contributed by atoms with Gasteiger partial charge in [0, 0.05) is 42.8 Å². The summed E-state index contributed by atoms with van der Waals surface area (Å²) in [6, 6.07) is 16.2. The fourth-order valence-electron chi connectivity index (χ4n) is 7.41. The molecule has 5 rings (SSSR count). The number of benzene rings is 2. The second-order valence-corrected chi connectivity index (χ2v) is 13.1. The molecular weight excluding hydrogens is 490 g/mol. The minimum absolute atomic E-state index is 0.00506. The highest BCUT2D eigenvalue weighted by Gasteiger charge is 2.51. The topological polar surface area (TPSA) is 83.1 Å². The highest BCUT2D eigenvalue weighted by atomic mass is 16.7. The standard InChI is InChI=1S/C32H45N3O4/c1-6-33-30(37)34-25-13-11-24(12-14-25)29-38-27(17-35-20-32(5)16-26(35)15-31(3,4)19-32)21(2)28(39-29)23-9-7-22(18-36)8-10-23/h7-14,21,26-29,36H,6,15-20H2,1-5H3,(H2,33,34,37)/t21-,26?,27+,28+,29+,32?/m1/s1. The van der Waals surface area contributed by atoms with Gasteiger partial charge in [-0.3, -0.25) is 4.90 Å². The molecule has 0 radical (unpaired) electrons. The van der Waals surface area contributed by atoms with Crippen LogP contribution in [0, 0.1) is 16.7 Å². The van der Waals surface area contributed by atoms with E-state index in [1.807, 2.05) is 43.3 Å². The summed E-state index contributed by atoms with van der Waals surface area (Å²) < 4.78 is 13.4. The normalized spacial score (nSPS) is 32.1. The van der Waals surface area contributed by atoms with Crippen LogP contribution in [0.4, 0.5) is 10.5 Å². The van der Waals surface area contributed by atoms with Crippen LogP contribution in [0.3, 0.4) is 0 Å². The van der Waals surface area contributed by atoms with E-state index < -0.39 is 6.29 Å². The van der Waals surface area contributed by atoms with Crippen LogP contribution in [0.5, 0.6) is 0 Å². The molecule has 1 aliphatic carbocycles. The number of ether oxygens (including phenoxy) is 2. The third-order valence-electron chi connectivity index (χ3n) is 8.84. The maximum Gasteiger partial charge on any atom is 0.319 e. The third-order valence-corrected chi connectivity index (χ3v) is 8.84. The summed E-state index contributed by atoms with van der Waals surface area (Å²) in [6.07, 6.45) is 3.13. The summed E-state index contributed by atoms with van der Waals surface area (Å²) in [7, 11) is 0. The predicted octanol–water partition coefficient (Wildman–Crippen LogP) is 6.01. The number of anilines is 1. The monoisotopic (exact) mass is 535 g/mol. The van der Waals surface area contributed by atoms with Crippen LogP contribution in [-0.4, -0.2) is 47.8 Å². The molecule has 1 saturated carbocycles. The van der Waals surface area contributed by atoms with Gasteiger partial charge in [0.15, 0.2) is 6.29 Å². The van der Waals surface area contributed by atoms with Crippen LogP contribution in [0.1, 0.15) is 83.0 Å². The Morgan fingerprint density at radius 1 is 1.03 bits per heavy atom. The average Bonchev–Trinajstić information content (AvgIpc) is 3.13. The van der Waals surface area contributed by atoms with Crippen LogP contribution in [-0.2, 0) is 16.1 Å². The van der Waals surface area contributed by atoms with E-state index in [1.165, 1.54) is 19.3 Å². The zero-order valence-corrected chi connectivity index (χ0v) is 24.1. The fraction of sp³-hybridized carbons (Fsp3) is 0.594. The number of aliphatic hydroxyl groups excluding tert-OH is 1. The lowest BCUT2D eigenvalue weighted by Gasteiger charge is -2.43. The number of urea groups is 1. The van der Waals surface area contributed by atoms with E-state index in [0.717, 1.165) is 35.5 Å². The summed E-state index contributed by atoms with van der Waals surface area (Å²) in [4.78, 5) is 14.6. The number of carbonyl (C=O) groups is 1. The van der Waals surface area contributed by atoms with Crippen LogP contribution in [0.25, 0.3) is 0 Å². The maximum absolute atomic E-state index is 11.9. The molecule has 212 valence electrons. The Bertz CT molecular complexity index is 1140. The first-order valence-electron chi connectivity index (χ1n) is 14.5. The molecule has 2 unspecified atom stereocenters. The molecule has 0 aromatic heterocycles. The number of rotatable bonds is 7. The van der Waals surface area contributed by atoms with Crippen molar-refractivity contribution in [2.45, 2.75) is 85.0 Å². The molecule has 2 amide bonds. The van der Waals surface area contributed by atoms with E-state index in [4.69, 9.17) is 9.47 Å². The van der Waals surface area contributed by atoms with E-state index in [-0.39, 0.29) is 30.8 Å². The molecule has 2 aromatic rings.